The van der Waals surface area contributed by atoms with E-state index in [4.69, 9.17) is 0 Å². The van der Waals surface area contributed by atoms with Gasteiger partial charge in [-0.2, -0.15) is 0 Å². The van der Waals surface area contributed by atoms with Crippen LogP contribution in [0.15, 0.2) is 24.3 Å². The maximum atomic E-state index is 12.2. The van der Waals surface area contributed by atoms with Crippen LogP contribution in [0.25, 0.3) is 0 Å². The highest BCUT2D eigenvalue weighted by Gasteiger charge is 2.34. The van der Waals surface area contributed by atoms with Gasteiger partial charge in [0.15, 0.2) is 0 Å². The van der Waals surface area contributed by atoms with Gasteiger partial charge in [-0.25, -0.2) is 0 Å². The van der Waals surface area contributed by atoms with Gasteiger partial charge in [-0.3, -0.25) is 14.5 Å². The summed E-state index contributed by atoms with van der Waals surface area (Å²) in [5, 5.41) is 12.5. The van der Waals surface area contributed by atoms with Crippen LogP contribution in [0.2, 0.25) is 0 Å². The number of imide groups is 1. The standard InChI is InChI=1S/C17H24N2O3/c1-3-13(11-20)18-12(2)7-6-10-19-16(21)14-8-4-5-9-15(14)17(19)22/h4-5,8-9,12-13,18,20H,3,6-7,10-11H2,1-2H3. The van der Waals surface area contributed by atoms with Crippen molar-refractivity contribution in [2.45, 2.75) is 45.2 Å². The van der Waals surface area contributed by atoms with Crippen molar-refractivity contribution in [3.8, 4) is 0 Å². The Labute approximate surface area is 131 Å². The van der Waals surface area contributed by atoms with Crippen molar-refractivity contribution in [3.05, 3.63) is 35.4 Å². The molecule has 0 saturated heterocycles. The summed E-state index contributed by atoms with van der Waals surface area (Å²) in [4.78, 5) is 25.8. The summed E-state index contributed by atoms with van der Waals surface area (Å²) in [6, 6.07) is 7.31. The molecule has 2 atom stereocenters. The zero-order chi connectivity index (χ0) is 16.1. The van der Waals surface area contributed by atoms with Gasteiger partial charge in [0.2, 0.25) is 0 Å². The van der Waals surface area contributed by atoms with Crippen LogP contribution < -0.4 is 5.32 Å². The first-order chi connectivity index (χ1) is 10.6. The van der Waals surface area contributed by atoms with E-state index in [2.05, 4.69) is 12.2 Å². The topological polar surface area (TPSA) is 69.6 Å². The summed E-state index contributed by atoms with van der Waals surface area (Å²) in [6.07, 6.45) is 2.48. The number of nitrogens with one attached hydrogen (secondary N) is 1. The average Bonchev–Trinajstić information content (AvgIpc) is 2.78. The highest BCUT2D eigenvalue weighted by atomic mass is 16.3. The Morgan fingerprint density at radius 2 is 1.77 bits per heavy atom. The van der Waals surface area contributed by atoms with Gasteiger partial charge in [-0.15, -0.1) is 0 Å². The largest absolute Gasteiger partial charge is 0.395 e. The molecular formula is C17H24N2O3. The van der Waals surface area contributed by atoms with E-state index in [1.54, 1.807) is 24.3 Å². The zero-order valence-corrected chi connectivity index (χ0v) is 13.2. The van der Waals surface area contributed by atoms with Gasteiger partial charge in [0.1, 0.15) is 0 Å². The monoisotopic (exact) mass is 304 g/mol. The highest BCUT2D eigenvalue weighted by molar-refractivity contribution is 6.21. The molecular weight excluding hydrogens is 280 g/mol. The first-order valence-corrected chi connectivity index (χ1v) is 7.90. The fourth-order valence-corrected chi connectivity index (χ4v) is 2.78. The summed E-state index contributed by atoms with van der Waals surface area (Å²) in [6.45, 7) is 4.65. The first-order valence-electron chi connectivity index (χ1n) is 7.90. The Balaban J connectivity index is 1.84. The Morgan fingerprint density at radius 1 is 1.18 bits per heavy atom. The molecule has 5 nitrogen and oxygen atoms in total. The molecule has 1 aromatic rings. The van der Waals surface area contributed by atoms with Gasteiger partial charge in [0.25, 0.3) is 11.8 Å². The summed E-state index contributed by atoms with van der Waals surface area (Å²) >= 11 is 0. The number of rotatable bonds is 8. The van der Waals surface area contributed by atoms with Gasteiger partial charge in [-0.1, -0.05) is 19.1 Å². The molecule has 2 amide bonds. The number of aliphatic hydroxyl groups is 1. The summed E-state index contributed by atoms with van der Waals surface area (Å²) in [5.74, 6) is -0.383. The zero-order valence-electron chi connectivity index (χ0n) is 13.2. The minimum absolute atomic E-state index is 0.106. The van der Waals surface area contributed by atoms with Gasteiger partial charge in [0.05, 0.1) is 17.7 Å². The molecule has 1 heterocycles. The number of aliphatic hydroxyl groups excluding tert-OH is 1. The van der Waals surface area contributed by atoms with E-state index in [-0.39, 0.29) is 30.5 Å². The molecule has 2 N–H and O–H groups in total. The predicted octanol–water partition coefficient (Wildman–Crippen LogP) is 1.81. The smallest absolute Gasteiger partial charge is 0.261 e. The van der Waals surface area contributed by atoms with Crippen LogP contribution in [-0.2, 0) is 0 Å². The van der Waals surface area contributed by atoms with E-state index in [0.717, 1.165) is 19.3 Å². The number of nitrogens with zero attached hydrogens (tertiary/aromatic N) is 1. The number of hydrogen-bond acceptors (Lipinski definition) is 4. The fourth-order valence-electron chi connectivity index (χ4n) is 2.78. The lowest BCUT2D eigenvalue weighted by Gasteiger charge is -2.21. The SMILES string of the molecule is CCC(CO)NC(C)CCCN1C(=O)c2ccccc2C1=O. The van der Waals surface area contributed by atoms with Crippen molar-refractivity contribution in [2.24, 2.45) is 0 Å². The number of hydrogen-bond donors (Lipinski definition) is 2. The summed E-state index contributed by atoms with van der Waals surface area (Å²) < 4.78 is 0. The van der Waals surface area contributed by atoms with Gasteiger partial charge in [-0.05, 0) is 38.3 Å². The number of carbonyl (C=O) groups is 2. The van der Waals surface area contributed by atoms with Crippen molar-refractivity contribution >= 4 is 11.8 Å². The van der Waals surface area contributed by atoms with Crippen LogP contribution in [0.4, 0.5) is 0 Å². The van der Waals surface area contributed by atoms with Crippen LogP contribution in [0.3, 0.4) is 0 Å². The van der Waals surface area contributed by atoms with Crippen molar-refractivity contribution < 1.29 is 14.7 Å². The predicted molar refractivity (Wildman–Crippen MR) is 84.8 cm³/mol. The van der Waals surface area contributed by atoms with Crippen LogP contribution in [0, 0.1) is 0 Å². The van der Waals surface area contributed by atoms with Gasteiger partial charge >= 0.3 is 0 Å². The second-order valence-electron chi connectivity index (χ2n) is 5.81. The molecule has 2 rings (SSSR count). The maximum absolute atomic E-state index is 12.2. The normalized spacial score (nSPS) is 16.8. The quantitative estimate of drug-likeness (QED) is 0.719. The number of amides is 2. The van der Waals surface area contributed by atoms with Crippen LogP contribution in [0.5, 0.6) is 0 Å². The Morgan fingerprint density at radius 3 is 2.27 bits per heavy atom. The molecule has 22 heavy (non-hydrogen) atoms. The van der Waals surface area contributed by atoms with Crippen LogP contribution >= 0.6 is 0 Å². The Hall–Kier alpha value is -1.72. The molecule has 0 aromatic heterocycles. The van der Waals surface area contributed by atoms with E-state index in [1.807, 2.05) is 6.92 Å². The lowest BCUT2D eigenvalue weighted by Crippen LogP contribution is -2.39. The minimum Gasteiger partial charge on any atom is -0.395 e. The second kappa shape index (κ2) is 7.51. The number of benzene rings is 1. The van der Waals surface area contributed by atoms with E-state index in [1.165, 1.54) is 4.90 Å². The molecule has 1 aliphatic heterocycles. The molecule has 2 unspecified atom stereocenters. The van der Waals surface area contributed by atoms with Crippen molar-refractivity contribution in [1.29, 1.82) is 0 Å². The maximum Gasteiger partial charge on any atom is 0.261 e. The van der Waals surface area contributed by atoms with E-state index in [9.17, 15) is 14.7 Å². The molecule has 1 aromatic carbocycles. The van der Waals surface area contributed by atoms with Crippen LogP contribution in [-0.4, -0.2) is 47.1 Å². The van der Waals surface area contributed by atoms with E-state index < -0.39 is 0 Å². The summed E-state index contributed by atoms with van der Waals surface area (Å²) in [5.41, 5.74) is 1.01. The highest BCUT2D eigenvalue weighted by Crippen LogP contribution is 2.22. The summed E-state index contributed by atoms with van der Waals surface area (Å²) in [7, 11) is 0. The minimum atomic E-state index is -0.192. The first kappa shape index (κ1) is 16.6. The molecule has 0 fully saturated rings. The molecule has 0 bridgehead atoms. The molecule has 0 saturated carbocycles. The third kappa shape index (κ3) is 3.54. The van der Waals surface area contributed by atoms with Crippen molar-refractivity contribution in [1.82, 2.24) is 10.2 Å². The van der Waals surface area contributed by atoms with Crippen molar-refractivity contribution in [3.63, 3.8) is 0 Å². The third-order valence-corrected chi connectivity index (χ3v) is 4.13. The number of carbonyl (C=O) groups excluding carboxylic acids is 2. The van der Waals surface area contributed by atoms with Crippen LogP contribution in [0.1, 0.15) is 53.8 Å². The Bertz CT molecular complexity index is 505. The molecule has 5 heteroatoms. The molecule has 0 aliphatic carbocycles. The molecule has 0 spiro atoms. The van der Waals surface area contributed by atoms with E-state index >= 15 is 0 Å². The van der Waals surface area contributed by atoms with E-state index in [0.29, 0.717) is 17.7 Å². The van der Waals surface area contributed by atoms with Gasteiger partial charge in [0, 0.05) is 18.6 Å². The lowest BCUT2D eigenvalue weighted by atomic mass is 10.1. The molecule has 0 radical (unpaired) electrons. The van der Waals surface area contributed by atoms with Gasteiger partial charge < -0.3 is 10.4 Å². The molecule has 1 aliphatic rings. The lowest BCUT2D eigenvalue weighted by molar-refractivity contribution is 0.0650. The third-order valence-electron chi connectivity index (χ3n) is 4.13. The average molecular weight is 304 g/mol. The Kier molecular flexibility index (Phi) is 5.69. The molecule has 120 valence electrons. The fraction of sp³-hybridized carbons (Fsp3) is 0.529. The number of fused-ring (bicyclic) bond motifs is 1. The van der Waals surface area contributed by atoms with Crippen molar-refractivity contribution in [2.75, 3.05) is 13.2 Å². The second-order valence-corrected chi connectivity index (χ2v) is 5.81.